The number of hydrogen-bond acceptors (Lipinski definition) is 5. The highest BCUT2D eigenvalue weighted by molar-refractivity contribution is 5.78. The second kappa shape index (κ2) is 9.94. The molecule has 3 aromatic carbocycles. The largest absolute Gasteiger partial charge is 0.508 e. The van der Waals surface area contributed by atoms with Crippen LogP contribution in [0.25, 0.3) is 0 Å². The van der Waals surface area contributed by atoms with Crippen molar-refractivity contribution in [3.8, 4) is 11.5 Å². The fraction of sp³-hybridized carbons (Fsp3) is 0.231. The SMILES string of the molecule is CCCN(CC)c1cccc(C(c2cc(C=O)ccc2O)c2cc(C=O)ccc2O)c1. The van der Waals surface area contributed by atoms with Crippen LogP contribution in [0.3, 0.4) is 0 Å². The molecule has 5 heteroatoms. The minimum Gasteiger partial charge on any atom is -0.508 e. The van der Waals surface area contributed by atoms with E-state index < -0.39 is 5.92 Å². The van der Waals surface area contributed by atoms with Crippen LogP contribution in [0.2, 0.25) is 0 Å². The summed E-state index contributed by atoms with van der Waals surface area (Å²) in [4.78, 5) is 25.1. The second-order valence-electron chi connectivity index (χ2n) is 7.48. The summed E-state index contributed by atoms with van der Waals surface area (Å²) in [5.74, 6) is -0.546. The van der Waals surface area contributed by atoms with Gasteiger partial charge in [0.1, 0.15) is 24.1 Å². The van der Waals surface area contributed by atoms with Gasteiger partial charge < -0.3 is 15.1 Å². The number of carbonyl (C=O) groups excluding carboxylic acids is 2. The first-order valence-corrected chi connectivity index (χ1v) is 10.4. The van der Waals surface area contributed by atoms with Crippen molar-refractivity contribution in [2.75, 3.05) is 18.0 Å². The molecule has 160 valence electrons. The van der Waals surface area contributed by atoms with Crippen LogP contribution < -0.4 is 4.90 Å². The number of rotatable bonds is 9. The van der Waals surface area contributed by atoms with E-state index in [1.807, 2.05) is 24.3 Å². The number of aromatic hydroxyl groups is 2. The van der Waals surface area contributed by atoms with E-state index in [0.717, 1.165) is 43.3 Å². The number of benzene rings is 3. The third-order valence-electron chi connectivity index (χ3n) is 5.44. The average Bonchev–Trinajstić information content (AvgIpc) is 2.80. The molecule has 0 radical (unpaired) electrons. The van der Waals surface area contributed by atoms with Crippen LogP contribution in [0.5, 0.6) is 11.5 Å². The third kappa shape index (κ3) is 4.77. The Kier molecular flexibility index (Phi) is 7.08. The Morgan fingerprint density at radius 2 is 1.42 bits per heavy atom. The number of hydrogen-bond donors (Lipinski definition) is 2. The van der Waals surface area contributed by atoms with Crippen LogP contribution in [0.1, 0.15) is 63.6 Å². The molecule has 2 N–H and O–H groups in total. The maximum atomic E-state index is 11.4. The molecule has 0 bridgehead atoms. The summed E-state index contributed by atoms with van der Waals surface area (Å²) >= 11 is 0. The van der Waals surface area contributed by atoms with Crippen LogP contribution in [-0.2, 0) is 0 Å². The van der Waals surface area contributed by atoms with Gasteiger partial charge in [-0.1, -0.05) is 19.1 Å². The molecule has 0 unspecified atom stereocenters. The minimum atomic E-state index is -0.569. The number of anilines is 1. The van der Waals surface area contributed by atoms with Gasteiger partial charge in [0.15, 0.2) is 0 Å². The lowest BCUT2D eigenvalue weighted by molar-refractivity contribution is 0.111. The first-order chi connectivity index (χ1) is 15.0. The van der Waals surface area contributed by atoms with Gasteiger partial charge >= 0.3 is 0 Å². The topological polar surface area (TPSA) is 77.8 Å². The molecular weight excluding hydrogens is 390 g/mol. The Balaban J connectivity index is 2.26. The van der Waals surface area contributed by atoms with Crippen molar-refractivity contribution in [1.82, 2.24) is 0 Å². The summed E-state index contributed by atoms with van der Waals surface area (Å²) in [7, 11) is 0. The zero-order valence-corrected chi connectivity index (χ0v) is 17.8. The standard InChI is InChI=1S/C26H27NO4/c1-3-12-27(4-2)21-7-5-6-20(15-21)26(22-13-18(16-28)8-10-24(22)30)23-14-19(17-29)9-11-25(23)31/h5-11,13-17,26,30-31H,3-4,12H2,1-2H3. The van der Waals surface area contributed by atoms with Gasteiger partial charge in [-0.2, -0.15) is 0 Å². The van der Waals surface area contributed by atoms with Crippen molar-refractivity contribution >= 4 is 18.3 Å². The Morgan fingerprint density at radius 3 is 1.90 bits per heavy atom. The Labute approximate surface area is 182 Å². The predicted octanol–water partition coefficient (Wildman–Crippen LogP) is 5.14. The lowest BCUT2D eigenvalue weighted by atomic mass is 9.82. The number of phenolic OH excluding ortho intramolecular Hbond substituents is 2. The van der Waals surface area contributed by atoms with E-state index >= 15 is 0 Å². The van der Waals surface area contributed by atoms with Crippen LogP contribution in [0, 0.1) is 0 Å². The van der Waals surface area contributed by atoms with Crippen molar-refractivity contribution in [3.63, 3.8) is 0 Å². The second-order valence-corrected chi connectivity index (χ2v) is 7.48. The number of carbonyl (C=O) groups is 2. The van der Waals surface area contributed by atoms with Crippen LogP contribution in [-0.4, -0.2) is 35.9 Å². The fourth-order valence-corrected chi connectivity index (χ4v) is 3.92. The maximum absolute atomic E-state index is 11.4. The van der Waals surface area contributed by atoms with Gasteiger partial charge in [-0.15, -0.1) is 0 Å². The number of phenols is 2. The summed E-state index contributed by atoms with van der Waals surface area (Å²) in [6.45, 7) is 5.97. The lowest BCUT2D eigenvalue weighted by Gasteiger charge is -2.26. The molecule has 0 fully saturated rings. The zero-order valence-electron chi connectivity index (χ0n) is 17.8. The van der Waals surface area contributed by atoms with Crippen LogP contribution in [0.15, 0.2) is 60.7 Å². The molecule has 0 aromatic heterocycles. The van der Waals surface area contributed by atoms with E-state index in [2.05, 4.69) is 18.7 Å². The zero-order chi connectivity index (χ0) is 22.4. The summed E-state index contributed by atoms with van der Waals surface area (Å²) < 4.78 is 0. The van der Waals surface area contributed by atoms with Crippen molar-refractivity contribution in [1.29, 1.82) is 0 Å². The first kappa shape index (κ1) is 22.1. The van der Waals surface area contributed by atoms with Gasteiger partial charge in [0.25, 0.3) is 0 Å². The van der Waals surface area contributed by atoms with Crippen molar-refractivity contribution in [2.24, 2.45) is 0 Å². The van der Waals surface area contributed by atoms with E-state index in [9.17, 15) is 19.8 Å². The Bertz CT molecular complexity index is 1020. The minimum absolute atomic E-state index is 0.0119. The van der Waals surface area contributed by atoms with Crippen LogP contribution in [0.4, 0.5) is 5.69 Å². The lowest BCUT2D eigenvalue weighted by Crippen LogP contribution is -2.23. The van der Waals surface area contributed by atoms with Crippen molar-refractivity contribution < 1.29 is 19.8 Å². The number of aldehydes is 2. The van der Waals surface area contributed by atoms with Crippen LogP contribution >= 0.6 is 0 Å². The molecule has 0 aliphatic heterocycles. The maximum Gasteiger partial charge on any atom is 0.150 e. The molecule has 0 saturated heterocycles. The van der Waals surface area contributed by atoms with E-state index in [1.54, 1.807) is 24.3 Å². The van der Waals surface area contributed by atoms with Gasteiger partial charge in [-0.3, -0.25) is 9.59 Å². The molecular formula is C26H27NO4. The molecule has 5 nitrogen and oxygen atoms in total. The predicted molar refractivity (Wildman–Crippen MR) is 123 cm³/mol. The van der Waals surface area contributed by atoms with Gasteiger partial charge in [0, 0.05) is 46.9 Å². The van der Waals surface area contributed by atoms with E-state index in [-0.39, 0.29) is 11.5 Å². The molecule has 0 saturated carbocycles. The van der Waals surface area contributed by atoms with Gasteiger partial charge in [-0.05, 0) is 67.4 Å². The molecule has 3 rings (SSSR count). The molecule has 3 aromatic rings. The third-order valence-corrected chi connectivity index (χ3v) is 5.44. The molecule has 0 heterocycles. The first-order valence-electron chi connectivity index (χ1n) is 10.4. The van der Waals surface area contributed by atoms with E-state index in [4.69, 9.17) is 0 Å². The molecule has 0 aliphatic carbocycles. The fourth-order valence-electron chi connectivity index (χ4n) is 3.92. The molecule has 0 atom stereocenters. The van der Waals surface area contributed by atoms with Crippen molar-refractivity contribution in [3.05, 3.63) is 88.5 Å². The normalized spacial score (nSPS) is 10.8. The summed E-state index contributed by atoms with van der Waals surface area (Å²) in [5, 5.41) is 21.3. The Hall–Kier alpha value is -3.60. The average molecular weight is 418 g/mol. The summed E-state index contributed by atoms with van der Waals surface area (Å²) in [5.41, 5.74) is 3.67. The quantitative estimate of drug-likeness (QED) is 0.372. The van der Waals surface area contributed by atoms with Gasteiger partial charge in [-0.25, -0.2) is 0 Å². The summed E-state index contributed by atoms with van der Waals surface area (Å²) in [6, 6.07) is 17.2. The van der Waals surface area contributed by atoms with Crippen molar-refractivity contribution in [2.45, 2.75) is 26.2 Å². The van der Waals surface area contributed by atoms with E-state index in [1.165, 1.54) is 12.1 Å². The van der Waals surface area contributed by atoms with E-state index in [0.29, 0.717) is 22.3 Å². The molecule has 0 spiro atoms. The Morgan fingerprint density at radius 1 is 0.839 bits per heavy atom. The smallest absolute Gasteiger partial charge is 0.150 e. The highest BCUT2D eigenvalue weighted by Gasteiger charge is 2.24. The monoisotopic (exact) mass is 417 g/mol. The highest BCUT2D eigenvalue weighted by Crippen LogP contribution is 2.41. The molecule has 31 heavy (non-hydrogen) atoms. The van der Waals surface area contributed by atoms with Gasteiger partial charge in [0.05, 0.1) is 0 Å². The highest BCUT2D eigenvalue weighted by atomic mass is 16.3. The number of nitrogens with zero attached hydrogens (tertiary/aromatic N) is 1. The molecule has 0 aliphatic rings. The summed E-state index contributed by atoms with van der Waals surface area (Å²) in [6.07, 6.45) is 2.45. The van der Waals surface area contributed by atoms with Gasteiger partial charge in [0.2, 0.25) is 0 Å². The molecule has 0 amide bonds.